The van der Waals surface area contributed by atoms with E-state index in [0.717, 1.165) is 5.56 Å². The van der Waals surface area contributed by atoms with Gasteiger partial charge in [-0.25, -0.2) is 0 Å². The number of carbonyl (C=O) groups is 2. The smallest absolute Gasteiger partial charge is 0.311 e. The number of ether oxygens (including phenoxy) is 2. The van der Waals surface area contributed by atoms with Gasteiger partial charge in [-0.2, -0.15) is 0 Å². The largest absolute Gasteiger partial charge is 0.481 e. The van der Waals surface area contributed by atoms with E-state index in [1.807, 2.05) is 6.07 Å². The molecule has 1 aromatic rings. The number of amides is 1. The lowest BCUT2D eigenvalue weighted by molar-refractivity contribution is -0.142. The number of aliphatic carboxylic acids is 1. The van der Waals surface area contributed by atoms with Gasteiger partial charge in [-0.3, -0.25) is 9.59 Å². The molecule has 1 heterocycles. The van der Waals surface area contributed by atoms with Crippen LogP contribution in [-0.4, -0.2) is 43.3 Å². The van der Waals surface area contributed by atoms with E-state index in [9.17, 15) is 9.59 Å². The summed E-state index contributed by atoms with van der Waals surface area (Å²) in [6, 6.07) is 6.57. The third kappa shape index (κ3) is 3.15. The zero-order valence-corrected chi connectivity index (χ0v) is 11.2. The van der Waals surface area contributed by atoms with Gasteiger partial charge >= 0.3 is 5.97 Å². The molecule has 0 aliphatic carbocycles. The molecule has 0 saturated carbocycles. The maximum Gasteiger partial charge on any atom is 0.311 e. The van der Waals surface area contributed by atoms with Crippen LogP contribution >= 0.6 is 0 Å². The Kier molecular flexibility index (Phi) is 4.70. The lowest BCUT2D eigenvalue weighted by Gasteiger charge is -2.17. The first-order valence-corrected chi connectivity index (χ1v) is 6.31. The number of carboxylic acid groups (broad SMARTS) is 1. The Bertz CT molecular complexity index is 502. The Morgan fingerprint density at radius 3 is 2.85 bits per heavy atom. The van der Waals surface area contributed by atoms with Gasteiger partial charge < -0.3 is 19.9 Å². The highest BCUT2D eigenvalue weighted by Crippen LogP contribution is 2.16. The normalized spacial score (nSPS) is 21.6. The summed E-state index contributed by atoms with van der Waals surface area (Å²) >= 11 is 0. The fourth-order valence-corrected chi connectivity index (χ4v) is 2.21. The maximum atomic E-state index is 12.2. The molecule has 1 aliphatic rings. The first-order valence-electron chi connectivity index (χ1n) is 6.31. The third-order valence-electron chi connectivity index (χ3n) is 3.28. The van der Waals surface area contributed by atoms with E-state index in [4.69, 9.17) is 14.6 Å². The van der Waals surface area contributed by atoms with Gasteiger partial charge in [0.05, 0.1) is 25.9 Å². The zero-order valence-electron chi connectivity index (χ0n) is 11.2. The van der Waals surface area contributed by atoms with Crippen LogP contribution in [0, 0.1) is 5.92 Å². The van der Waals surface area contributed by atoms with Crippen molar-refractivity contribution in [2.24, 2.45) is 5.92 Å². The average molecular weight is 279 g/mol. The molecular formula is C14H17NO5. The molecule has 2 rings (SSSR count). The molecule has 20 heavy (non-hydrogen) atoms. The van der Waals surface area contributed by atoms with E-state index >= 15 is 0 Å². The van der Waals surface area contributed by atoms with E-state index in [-0.39, 0.29) is 19.1 Å². The van der Waals surface area contributed by atoms with Crippen LogP contribution in [0.25, 0.3) is 0 Å². The van der Waals surface area contributed by atoms with Crippen LogP contribution in [0.2, 0.25) is 0 Å². The first-order chi connectivity index (χ1) is 9.63. The van der Waals surface area contributed by atoms with Gasteiger partial charge in [0.1, 0.15) is 5.92 Å². The number of nitrogens with one attached hydrogen (secondary N) is 1. The fraction of sp³-hybridized carbons (Fsp3) is 0.429. The van der Waals surface area contributed by atoms with Gasteiger partial charge in [-0.05, 0) is 11.6 Å². The minimum absolute atomic E-state index is 0.125. The number of carboxylic acids is 1. The van der Waals surface area contributed by atoms with Crippen molar-refractivity contribution in [3.8, 4) is 0 Å². The van der Waals surface area contributed by atoms with Crippen molar-refractivity contribution in [1.29, 1.82) is 0 Å². The summed E-state index contributed by atoms with van der Waals surface area (Å²) in [6.07, 6.45) is 0. The van der Waals surface area contributed by atoms with Gasteiger partial charge in [-0.15, -0.1) is 0 Å². The van der Waals surface area contributed by atoms with Crippen molar-refractivity contribution in [2.45, 2.75) is 12.6 Å². The van der Waals surface area contributed by atoms with Gasteiger partial charge in [0, 0.05) is 12.7 Å². The van der Waals surface area contributed by atoms with Crippen molar-refractivity contribution >= 4 is 11.9 Å². The van der Waals surface area contributed by atoms with Crippen molar-refractivity contribution in [2.75, 3.05) is 20.3 Å². The molecule has 2 unspecified atom stereocenters. The molecule has 0 radical (unpaired) electrons. The molecule has 2 N–H and O–H groups in total. The quantitative estimate of drug-likeness (QED) is 0.827. The van der Waals surface area contributed by atoms with Crippen LogP contribution in [0.5, 0.6) is 0 Å². The molecule has 1 aliphatic heterocycles. The molecule has 1 aromatic carbocycles. The molecule has 2 atom stereocenters. The van der Waals surface area contributed by atoms with E-state index in [0.29, 0.717) is 12.2 Å². The van der Waals surface area contributed by atoms with Gasteiger partial charge in [0.25, 0.3) is 5.91 Å². The lowest BCUT2D eigenvalue weighted by atomic mass is 10.0. The topological polar surface area (TPSA) is 84.9 Å². The Morgan fingerprint density at radius 1 is 1.40 bits per heavy atom. The van der Waals surface area contributed by atoms with Gasteiger partial charge in [-0.1, -0.05) is 18.2 Å². The van der Waals surface area contributed by atoms with Gasteiger partial charge in [0.2, 0.25) is 0 Å². The highest BCUT2D eigenvalue weighted by Gasteiger charge is 2.35. The van der Waals surface area contributed by atoms with Crippen LogP contribution < -0.4 is 5.32 Å². The third-order valence-corrected chi connectivity index (χ3v) is 3.28. The fourth-order valence-electron chi connectivity index (χ4n) is 2.21. The van der Waals surface area contributed by atoms with Crippen LogP contribution in [0.3, 0.4) is 0 Å². The molecular weight excluding hydrogens is 262 g/mol. The van der Waals surface area contributed by atoms with Crippen molar-refractivity contribution in [1.82, 2.24) is 5.32 Å². The van der Waals surface area contributed by atoms with Crippen molar-refractivity contribution in [3.63, 3.8) is 0 Å². The van der Waals surface area contributed by atoms with Crippen LogP contribution in [-0.2, 0) is 20.9 Å². The number of hydrogen-bond acceptors (Lipinski definition) is 4. The summed E-state index contributed by atoms with van der Waals surface area (Å²) in [7, 11) is 1.56. The summed E-state index contributed by atoms with van der Waals surface area (Å²) in [4.78, 5) is 23.3. The summed E-state index contributed by atoms with van der Waals surface area (Å²) in [5.41, 5.74) is 1.25. The Morgan fingerprint density at radius 2 is 2.15 bits per heavy atom. The molecule has 1 fully saturated rings. The average Bonchev–Trinajstić information content (AvgIpc) is 2.88. The summed E-state index contributed by atoms with van der Waals surface area (Å²) < 4.78 is 10.2. The number of rotatable bonds is 5. The molecule has 0 spiro atoms. The number of carbonyl (C=O) groups excluding carboxylic acids is 1. The Labute approximate surface area is 116 Å². The second-order valence-electron chi connectivity index (χ2n) is 4.65. The van der Waals surface area contributed by atoms with E-state index in [1.54, 1.807) is 25.3 Å². The predicted molar refractivity (Wildman–Crippen MR) is 70.4 cm³/mol. The minimum atomic E-state index is -0.960. The molecule has 108 valence electrons. The molecule has 0 bridgehead atoms. The molecule has 6 nitrogen and oxygen atoms in total. The molecule has 1 saturated heterocycles. The molecule has 0 aromatic heterocycles. The van der Waals surface area contributed by atoms with E-state index < -0.39 is 17.9 Å². The highest BCUT2D eigenvalue weighted by atomic mass is 16.5. The van der Waals surface area contributed by atoms with Crippen LogP contribution in [0.1, 0.15) is 15.9 Å². The Balaban J connectivity index is 2.10. The van der Waals surface area contributed by atoms with Crippen LogP contribution in [0.15, 0.2) is 24.3 Å². The Hall–Kier alpha value is -1.92. The van der Waals surface area contributed by atoms with E-state index in [1.165, 1.54) is 0 Å². The number of benzene rings is 1. The predicted octanol–water partition coefficient (Wildman–Crippen LogP) is 0.662. The highest BCUT2D eigenvalue weighted by molar-refractivity contribution is 5.96. The van der Waals surface area contributed by atoms with Crippen molar-refractivity contribution < 1.29 is 24.2 Å². The SMILES string of the molecule is COCc1ccccc1C(=O)NC1COCC1C(=O)O. The second kappa shape index (κ2) is 6.49. The number of methoxy groups -OCH3 is 1. The summed E-state index contributed by atoms with van der Waals surface area (Å²) in [5, 5.41) is 11.8. The second-order valence-corrected chi connectivity index (χ2v) is 4.65. The first kappa shape index (κ1) is 14.5. The maximum absolute atomic E-state index is 12.2. The summed E-state index contributed by atoms with van der Waals surface area (Å²) in [5.74, 6) is -1.97. The molecule has 1 amide bonds. The summed E-state index contributed by atoms with van der Waals surface area (Å²) in [6.45, 7) is 0.669. The van der Waals surface area contributed by atoms with Crippen LogP contribution in [0.4, 0.5) is 0 Å². The molecule has 6 heteroatoms. The standard InChI is InChI=1S/C14H17NO5/c1-19-6-9-4-2-3-5-10(9)13(16)15-12-8-20-7-11(12)14(17)18/h2-5,11-12H,6-8H2,1H3,(H,15,16)(H,17,18). The van der Waals surface area contributed by atoms with E-state index in [2.05, 4.69) is 5.32 Å². The van der Waals surface area contributed by atoms with Crippen molar-refractivity contribution in [3.05, 3.63) is 35.4 Å². The minimum Gasteiger partial charge on any atom is -0.481 e. The monoisotopic (exact) mass is 279 g/mol. The zero-order chi connectivity index (χ0) is 14.5. The number of hydrogen-bond donors (Lipinski definition) is 2. The van der Waals surface area contributed by atoms with Gasteiger partial charge in [0.15, 0.2) is 0 Å². The lowest BCUT2D eigenvalue weighted by Crippen LogP contribution is -2.42.